The van der Waals surface area contributed by atoms with Crippen molar-refractivity contribution in [2.45, 2.75) is 27.1 Å². The molecule has 0 fully saturated rings. The van der Waals surface area contributed by atoms with Crippen LogP contribution in [0.1, 0.15) is 43.0 Å². The molecular weight excluding hydrogens is 278 g/mol. The first-order valence-corrected chi connectivity index (χ1v) is 6.83. The van der Waals surface area contributed by atoms with Gasteiger partial charge >= 0.3 is 5.97 Å². The SMILES string of the molecule is CCOc1c(N)c2c(c(OCC)c1OCC)C(O)OC2=O. The zero-order valence-corrected chi connectivity index (χ0v) is 12.3. The van der Waals surface area contributed by atoms with E-state index in [2.05, 4.69) is 0 Å². The van der Waals surface area contributed by atoms with Crippen LogP contribution in [0.3, 0.4) is 0 Å². The van der Waals surface area contributed by atoms with Crippen LogP contribution >= 0.6 is 0 Å². The van der Waals surface area contributed by atoms with Gasteiger partial charge in [-0.1, -0.05) is 0 Å². The van der Waals surface area contributed by atoms with Crippen molar-refractivity contribution in [1.29, 1.82) is 0 Å². The van der Waals surface area contributed by atoms with Crippen LogP contribution in [0.15, 0.2) is 0 Å². The molecule has 1 aromatic carbocycles. The summed E-state index contributed by atoms with van der Waals surface area (Å²) in [5.41, 5.74) is 6.33. The highest BCUT2D eigenvalue weighted by Crippen LogP contribution is 2.52. The van der Waals surface area contributed by atoms with Crippen molar-refractivity contribution in [3.05, 3.63) is 11.1 Å². The Hall–Kier alpha value is -2.15. The zero-order chi connectivity index (χ0) is 15.6. The van der Waals surface area contributed by atoms with Crippen molar-refractivity contribution >= 4 is 11.7 Å². The molecule has 0 amide bonds. The number of anilines is 1. The molecule has 0 aromatic heterocycles. The van der Waals surface area contributed by atoms with E-state index in [0.717, 1.165) is 0 Å². The second kappa shape index (κ2) is 6.09. The van der Waals surface area contributed by atoms with Crippen LogP contribution < -0.4 is 19.9 Å². The Morgan fingerprint density at radius 2 is 1.57 bits per heavy atom. The Morgan fingerprint density at radius 3 is 2.14 bits per heavy atom. The molecule has 1 atom stereocenters. The minimum Gasteiger partial charge on any atom is -0.489 e. The second-order valence-corrected chi connectivity index (χ2v) is 4.25. The Balaban J connectivity index is 2.75. The molecule has 1 aromatic rings. The number of carbonyl (C=O) groups is 1. The molecule has 7 nitrogen and oxygen atoms in total. The third-order valence-electron chi connectivity index (χ3n) is 2.98. The van der Waals surface area contributed by atoms with Gasteiger partial charge < -0.3 is 29.8 Å². The van der Waals surface area contributed by atoms with Crippen molar-refractivity contribution in [1.82, 2.24) is 0 Å². The lowest BCUT2D eigenvalue weighted by atomic mass is 10.0. The molecule has 7 heteroatoms. The molecule has 0 radical (unpaired) electrons. The Kier molecular flexibility index (Phi) is 4.42. The molecular formula is C14H19NO6. The van der Waals surface area contributed by atoms with E-state index >= 15 is 0 Å². The Morgan fingerprint density at radius 1 is 1.05 bits per heavy atom. The molecule has 1 aliphatic heterocycles. The first-order valence-electron chi connectivity index (χ1n) is 6.83. The van der Waals surface area contributed by atoms with Crippen LogP contribution in [0.4, 0.5) is 5.69 Å². The third kappa shape index (κ3) is 2.44. The number of hydrogen-bond acceptors (Lipinski definition) is 7. The molecule has 1 unspecified atom stereocenters. The molecule has 3 N–H and O–H groups in total. The van der Waals surface area contributed by atoms with Gasteiger partial charge in [0.25, 0.3) is 0 Å². The third-order valence-corrected chi connectivity index (χ3v) is 2.98. The van der Waals surface area contributed by atoms with Crippen molar-refractivity contribution < 1.29 is 28.8 Å². The quantitative estimate of drug-likeness (QED) is 0.608. The highest BCUT2D eigenvalue weighted by Gasteiger charge is 2.40. The van der Waals surface area contributed by atoms with Gasteiger partial charge in [0.05, 0.1) is 36.6 Å². The van der Waals surface area contributed by atoms with E-state index in [0.29, 0.717) is 19.8 Å². The minimum atomic E-state index is -1.42. The molecule has 1 aliphatic rings. The van der Waals surface area contributed by atoms with Gasteiger partial charge in [-0.05, 0) is 20.8 Å². The van der Waals surface area contributed by atoms with Crippen LogP contribution in [-0.2, 0) is 4.74 Å². The fourth-order valence-corrected chi connectivity index (χ4v) is 2.25. The number of fused-ring (bicyclic) bond motifs is 1. The number of cyclic esters (lactones) is 1. The molecule has 116 valence electrons. The van der Waals surface area contributed by atoms with Crippen LogP contribution in [-0.4, -0.2) is 30.9 Å². The zero-order valence-electron chi connectivity index (χ0n) is 12.3. The summed E-state index contributed by atoms with van der Waals surface area (Å²) >= 11 is 0. The summed E-state index contributed by atoms with van der Waals surface area (Å²) in [5.74, 6) is 0.0210. The fraction of sp³-hybridized carbons (Fsp3) is 0.500. The number of carbonyl (C=O) groups excluding carboxylic acids is 1. The van der Waals surface area contributed by atoms with E-state index in [9.17, 15) is 9.90 Å². The van der Waals surface area contributed by atoms with E-state index in [1.54, 1.807) is 20.8 Å². The standard InChI is InChI=1S/C14H19NO6/c1-4-18-10-8-7(13(16)21-14(8)17)9(15)11(19-5-2)12(10)20-6-3/h14,17H,4-6,15H2,1-3H3. The van der Waals surface area contributed by atoms with Crippen molar-refractivity contribution in [2.24, 2.45) is 0 Å². The normalized spacial score (nSPS) is 16.4. The molecule has 21 heavy (non-hydrogen) atoms. The van der Waals surface area contributed by atoms with Crippen molar-refractivity contribution in [3.8, 4) is 17.2 Å². The average molecular weight is 297 g/mol. The van der Waals surface area contributed by atoms with E-state index < -0.39 is 12.3 Å². The van der Waals surface area contributed by atoms with Gasteiger partial charge in [-0.3, -0.25) is 0 Å². The number of rotatable bonds is 6. The largest absolute Gasteiger partial charge is 0.489 e. The lowest BCUT2D eigenvalue weighted by Crippen LogP contribution is -2.10. The van der Waals surface area contributed by atoms with Crippen molar-refractivity contribution in [3.63, 3.8) is 0 Å². The van der Waals surface area contributed by atoms with E-state index in [1.165, 1.54) is 0 Å². The van der Waals surface area contributed by atoms with Crippen LogP contribution in [0.25, 0.3) is 0 Å². The molecule has 2 rings (SSSR count). The van der Waals surface area contributed by atoms with E-state index in [4.69, 9.17) is 24.7 Å². The average Bonchev–Trinajstić information content (AvgIpc) is 2.74. The maximum absolute atomic E-state index is 11.9. The maximum atomic E-state index is 11.9. The summed E-state index contributed by atoms with van der Waals surface area (Å²) in [6.45, 7) is 6.38. The van der Waals surface area contributed by atoms with Crippen LogP contribution in [0, 0.1) is 0 Å². The first-order chi connectivity index (χ1) is 10.1. The van der Waals surface area contributed by atoms with Crippen molar-refractivity contribution in [2.75, 3.05) is 25.6 Å². The molecule has 0 saturated carbocycles. The van der Waals surface area contributed by atoms with Gasteiger partial charge in [0.15, 0.2) is 11.5 Å². The number of esters is 1. The molecule has 0 aliphatic carbocycles. The van der Waals surface area contributed by atoms with Gasteiger partial charge in [-0.2, -0.15) is 0 Å². The second-order valence-electron chi connectivity index (χ2n) is 4.25. The monoisotopic (exact) mass is 297 g/mol. The van der Waals surface area contributed by atoms with Gasteiger partial charge in [0, 0.05) is 0 Å². The number of aliphatic hydroxyl groups is 1. The number of ether oxygens (including phenoxy) is 4. The maximum Gasteiger partial charge on any atom is 0.343 e. The predicted octanol–water partition coefficient (Wildman–Crippen LogP) is 1.63. The number of benzene rings is 1. The van der Waals surface area contributed by atoms with Crippen LogP contribution in [0.2, 0.25) is 0 Å². The number of nitrogen functional groups attached to an aromatic ring is 1. The summed E-state index contributed by atoms with van der Waals surface area (Å²) in [6, 6.07) is 0. The van der Waals surface area contributed by atoms with Gasteiger partial charge in [-0.15, -0.1) is 0 Å². The Labute approximate surface area is 122 Å². The van der Waals surface area contributed by atoms with Crippen LogP contribution in [0.5, 0.6) is 17.2 Å². The predicted molar refractivity (Wildman–Crippen MR) is 74.7 cm³/mol. The summed E-state index contributed by atoms with van der Waals surface area (Å²) in [6.07, 6.45) is -1.42. The molecule has 0 bridgehead atoms. The van der Waals surface area contributed by atoms with Gasteiger partial charge in [-0.25, -0.2) is 4.79 Å². The molecule has 1 heterocycles. The highest BCUT2D eigenvalue weighted by molar-refractivity contribution is 6.02. The molecule has 0 spiro atoms. The van der Waals surface area contributed by atoms with E-state index in [1.807, 2.05) is 0 Å². The van der Waals surface area contributed by atoms with Gasteiger partial charge in [0.1, 0.15) is 0 Å². The molecule has 0 saturated heterocycles. The summed E-state index contributed by atoms with van der Waals surface area (Å²) in [7, 11) is 0. The Bertz CT molecular complexity index is 557. The number of hydrogen-bond donors (Lipinski definition) is 2. The lowest BCUT2D eigenvalue weighted by Gasteiger charge is -2.20. The van der Waals surface area contributed by atoms with E-state index in [-0.39, 0.29) is 34.1 Å². The lowest BCUT2D eigenvalue weighted by molar-refractivity contribution is -0.0558. The first kappa shape index (κ1) is 15.2. The highest BCUT2D eigenvalue weighted by atomic mass is 16.6. The minimum absolute atomic E-state index is 0.0675. The summed E-state index contributed by atoms with van der Waals surface area (Å²) < 4.78 is 21.4. The van der Waals surface area contributed by atoms with Gasteiger partial charge in [0.2, 0.25) is 12.0 Å². The fourth-order valence-electron chi connectivity index (χ4n) is 2.25. The summed E-state index contributed by atoms with van der Waals surface area (Å²) in [4.78, 5) is 11.9. The smallest absolute Gasteiger partial charge is 0.343 e. The number of nitrogens with two attached hydrogens (primary N) is 1. The topological polar surface area (TPSA) is 100 Å². The number of aliphatic hydroxyl groups excluding tert-OH is 1. The summed E-state index contributed by atoms with van der Waals surface area (Å²) in [5, 5.41) is 9.92.